The fraction of sp³-hybridized carbons (Fsp3) is 0.429. The molecule has 2 rings (SSSR count). The molecule has 1 N–H and O–H groups in total. The van der Waals surface area contributed by atoms with Gasteiger partial charge in [-0.15, -0.1) is 0 Å². The summed E-state index contributed by atoms with van der Waals surface area (Å²) in [7, 11) is -3.78. The Balaban J connectivity index is 1.96. The van der Waals surface area contributed by atoms with E-state index in [0.717, 1.165) is 16.8 Å². The first-order valence-electron chi connectivity index (χ1n) is 10.2. The number of aromatic nitrogens is 1. The Bertz CT molecular complexity index is 1100. The van der Waals surface area contributed by atoms with Gasteiger partial charge in [-0.05, 0) is 17.2 Å². The number of hydrogen-bond donors (Lipinski definition) is 1. The minimum Gasteiger partial charge on any atom is -0.367 e. The van der Waals surface area contributed by atoms with Crippen LogP contribution in [0.3, 0.4) is 0 Å². The Morgan fingerprint density at radius 1 is 1.06 bits per heavy atom. The first-order chi connectivity index (χ1) is 15.5. The number of nitrogens with one attached hydrogen (secondary N) is 1. The average molecular weight is 490 g/mol. The Hall–Kier alpha value is -2.70. The predicted molar refractivity (Wildman–Crippen MR) is 115 cm³/mol. The van der Waals surface area contributed by atoms with Crippen molar-refractivity contribution in [3.05, 3.63) is 64.1 Å². The van der Waals surface area contributed by atoms with Crippen LogP contribution >= 0.6 is 0 Å². The predicted octanol–water partition coefficient (Wildman–Crippen LogP) is 2.27. The lowest BCUT2D eigenvalue weighted by Gasteiger charge is -2.19. The molecular weight excluding hydrogens is 463 g/mol. The van der Waals surface area contributed by atoms with Gasteiger partial charge in [-0.25, -0.2) is 8.42 Å². The van der Waals surface area contributed by atoms with Gasteiger partial charge in [-0.3, -0.25) is 9.59 Å². The van der Waals surface area contributed by atoms with E-state index in [1.54, 1.807) is 38.1 Å². The van der Waals surface area contributed by atoms with E-state index in [2.05, 4.69) is 10.1 Å². The van der Waals surface area contributed by atoms with Crippen LogP contribution in [0.5, 0.6) is 0 Å². The zero-order chi connectivity index (χ0) is 24.6. The van der Waals surface area contributed by atoms with Crippen LogP contribution in [0.2, 0.25) is 0 Å². The van der Waals surface area contributed by atoms with Crippen LogP contribution in [-0.2, 0) is 39.3 Å². The fourth-order valence-corrected chi connectivity index (χ4v) is 4.43. The van der Waals surface area contributed by atoms with Crippen LogP contribution in [0.4, 0.5) is 13.2 Å². The van der Waals surface area contributed by atoms with Crippen LogP contribution in [0, 0.1) is 0 Å². The Morgan fingerprint density at radius 2 is 1.67 bits per heavy atom. The topological polar surface area (TPSA) is 97.7 Å². The number of amides is 1. The van der Waals surface area contributed by atoms with Crippen LogP contribution in [-0.4, -0.2) is 49.1 Å². The SMILES string of the molecule is CCN(CC)S(=O)(=O)c1ccc(=O)n(CC(=O)NCc2ccc(COCC(F)(F)F)cc2)c1. The number of hydrogen-bond acceptors (Lipinski definition) is 5. The highest BCUT2D eigenvalue weighted by molar-refractivity contribution is 7.89. The molecule has 12 heteroatoms. The van der Waals surface area contributed by atoms with Crippen LogP contribution in [0.25, 0.3) is 0 Å². The van der Waals surface area contributed by atoms with Gasteiger partial charge in [0.25, 0.3) is 5.56 Å². The van der Waals surface area contributed by atoms with Gasteiger partial charge >= 0.3 is 6.18 Å². The summed E-state index contributed by atoms with van der Waals surface area (Å²) in [5, 5.41) is 2.62. The van der Waals surface area contributed by atoms with Crippen molar-refractivity contribution in [3.63, 3.8) is 0 Å². The average Bonchev–Trinajstić information content (AvgIpc) is 2.74. The summed E-state index contributed by atoms with van der Waals surface area (Å²) in [6.07, 6.45) is -3.24. The van der Waals surface area contributed by atoms with Gasteiger partial charge in [0, 0.05) is 31.9 Å². The van der Waals surface area contributed by atoms with E-state index < -0.39 is 34.3 Å². The highest BCUT2D eigenvalue weighted by atomic mass is 32.2. The molecule has 0 saturated carbocycles. The molecule has 0 spiro atoms. The normalized spacial score (nSPS) is 12.2. The molecular formula is C21H26F3N3O5S. The van der Waals surface area contributed by atoms with Crippen LogP contribution in [0.1, 0.15) is 25.0 Å². The monoisotopic (exact) mass is 489 g/mol. The van der Waals surface area contributed by atoms with E-state index in [0.29, 0.717) is 11.1 Å². The lowest BCUT2D eigenvalue weighted by Crippen LogP contribution is -2.34. The van der Waals surface area contributed by atoms with Gasteiger partial charge in [0.15, 0.2) is 0 Å². The number of sulfonamides is 1. The quantitative estimate of drug-likeness (QED) is 0.522. The fourth-order valence-electron chi connectivity index (χ4n) is 2.95. The number of nitrogens with zero attached hydrogens (tertiary/aromatic N) is 2. The van der Waals surface area contributed by atoms with E-state index in [-0.39, 0.29) is 37.7 Å². The minimum atomic E-state index is -4.39. The smallest absolute Gasteiger partial charge is 0.367 e. The Labute approximate surface area is 190 Å². The van der Waals surface area contributed by atoms with Crippen molar-refractivity contribution in [2.75, 3.05) is 19.7 Å². The molecule has 0 aliphatic carbocycles. The molecule has 8 nitrogen and oxygen atoms in total. The number of benzene rings is 1. The molecule has 1 heterocycles. The molecule has 2 aromatic rings. The molecule has 1 aromatic heterocycles. The second kappa shape index (κ2) is 11.4. The summed E-state index contributed by atoms with van der Waals surface area (Å²) in [4.78, 5) is 24.3. The van der Waals surface area contributed by atoms with E-state index in [1.165, 1.54) is 10.4 Å². The largest absolute Gasteiger partial charge is 0.411 e. The molecule has 0 radical (unpaired) electrons. The standard InChI is InChI=1S/C21H26F3N3O5S/c1-3-27(4-2)33(30,31)18-9-10-20(29)26(12-18)13-19(28)25-11-16-5-7-17(8-6-16)14-32-15-21(22,23)24/h5-10,12H,3-4,11,13-15H2,1-2H3,(H,25,28). The van der Waals surface area contributed by atoms with Crippen molar-refractivity contribution in [1.82, 2.24) is 14.2 Å². The number of rotatable bonds is 11. The maximum absolute atomic E-state index is 12.6. The van der Waals surface area contributed by atoms with Crippen molar-refractivity contribution in [1.29, 1.82) is 0 Å². The third kappa shape index (κ3) is 7.98. The summed E-state index contributed by atoms with van der Waals surface area (Å²) in [5.41, 5.74) is 0.715. The second-order valence-corrected chi connectivity index (χ2v) is 9.06. The Morgan fingerprint density at radius 3 is 2.24 bits per heavy atom. The summed E-state index contributed by atoms with van der Waals surface area (Å²) in [6.45, 7) is 2.17. The van der Waals surface area contributed by atoms with E-state index >= 15 is 0 Å². The highest BCUT2D eigenvalue weighted by Gasteiger charge is 2.27. The van der Waals surface area contributed by atoms with Crippen molar-refractivity contribution in [2.24, 2.45) is 0 Å². The molecule has 1 amide bonds. The zero-order valence-electron chi connectivity index (χ0n) is 18.3. The first-order valence-corrected chi connectivity index (χ1v) is 11.6. The van der Waals surface area contributed by atoms with Crippen molar-refractivity contribution in [2.45, 2.75) is 44.6 Å². The van der Waals surface area contributed by atoms with Gasteiger partial charge in [0.2, 0.25) is 15.9 Å². The molecule has 33 heavy (non-hydrogen) atoms. The van der Waals surface area contributed by atoms with Crippen molar-refractivity contribution in [3.8, 4) is 0 Å². The summed E-state index contributed by atoms with van der Waals surface area (Å²) in [6, 6.07) is 8.76. The van der Waals surface area contributed by atoms with Crippen LogP contribution in [0.15, 0.2) is 52.3 Å². The highest BCUT2D eigenvalue weighted by Crippen LogP contribution is 2.16. The second-order valence-electron chi connectivity index (χ2n) is 7.12. The van der Waals surface area contributed by atoms with Crippen molar-refractivity contribution >= 4 is 15.9 Å². The molecule has 0 bridgehead atoms. The molecule has 0 fully saturated rings. The molecule has 1 aromatic carbocycles. The van der Waals surface area contributed by atoms with Gasteiger partial charge < -0.3 is 14.6 Å². The number of carbonyl (C=O) groups is 1. The molecule has 0 saturated heterocycles. The van der Waals surface area contributed by atoms with Gasteiger partial charge in [0.1, 0.15) is 13.2 Å². The van der Waals surface area contributed by atoms with Crippen molar-refractivity contribution < 1.29 is 31.1 Å². The summed E-state index contributed by atoms with van der Waals surface area (Å²) >= 11 is 0. The lowest BCUT2D eigenvalue weighted by atomic mass is 10.1. The number of alkyl halides is 3. The molecule has 0 unspecified atom stereocenters. The van der Waals surface area contributed by atoms with E-state index in [4.69, 9.17) is 0 Å². The van der Waals surface area contributed by atoms with E-state index in [9.17, 15) is 31.2 Å². The number of ether oxygens (including phenoxy) is 1. The molecule has 0 atom stereocenters. The Kier molecular flexibility index (Phi) is 9.20. The lowest BCUT2D eigenvalue weighted by molar-refractivity contribution is -0.176. The minimum absolute atomic E-state index is 0.0815. The number of pyridine rings is 1. The third-order valence-corrected chi connectivity index (χ3v) is 6.69. The third-order valence-electron chi connectivity index (χ3n) is 4.66. The molecule has 0 aliphatic rings. The maximum atomic E-state index is 12.6. The molecule has 0 aliphatic heterocycles. The van der Waals surface area contributed by atoms with Gasteiger partial charge in [-0.2, -0.15) is 17.5 Å². The zero-order valence-corrected chi connectivity index (χ0v) is 19.1. The van der Waals surface area contributed by atoms with Gasteiger partial charge in [-0.1, -0.05) is 38.1 Å². The molecule has 182 valence electrons. The number of halogens is 3. The summed E-state index contributed by atoms with van der Waals surface area (Å²) in [5.74, 6) is -0.507. The summed E-state index contributed by atoms with van der Waals surface area (Å²) < 4.78 is 68.5. The van der Waals surface area contributed by atoms with Gasteiger partial charge in [0.05, 0.1) is 11.5 Å². The number of carbonyl (C=O) groups excluding carboxylic acids is 1. The maximum Gasteiger partial charge on any atom is 0.411 e. The van der Waals surface area contributed by atoms with Crippen LogP contribution < -0.4 is 10.9 Å². The first kappa shape index (κ1) is 26.6. The van der Waals surface area contributed by atoms with E-state index in [1.807, 2.05) is 0 Å².